The van der Waals surface area contributed by atoms with Crippen LogP contribution in [0.4, 0.5) is 0 Å². The Kier molecular flexibility index (Phi) is 8.55. The van der Waals surface area contributed by atoms with Crippen molar-refractivity contribution in [3.8, 4) is 0 Å². The number of carbonyl (C=O) groups excluding carboxylic acids is 3. The van der Waals surface area contributed by atoms with Gasteiger partial charge >= 0.3 is 5.97 Å². The van der Waals surface area contributed by atoms with E-state index in [0.717, 1.165) is 51.4 Å². The zero-order valence-electron chi connectivity index (χ0n) is 21.7. The van der Waals surface area contributed by atoms with E-state index in [0.29, 0.717) is 19.5 Å². The lowest BCUT2D eigenvalue weighted by Gasteiger charge is -2.41. The van der Waals surface area contributed by atoms with Gasteiger partial charge in [0.1, 0.15) is 12.6 Å². The molecule has 4 fully saturated rings. The van der Waals surface area contributed by atoms with Gasteiger partial charge in [0.2, 0.25) is 11.8 Å². The predicted octanol–water partition coefficient (Wildman–Crippen LogP) is 3.71. The number of fused-ring (bicyclic) bond motifs is 1. The van der Waals surface area contributed by atoms with Crippen LogP contribution in [0.1, 0.15) is 71.1 Å². The number of nitrogens with zero attached hydrogens (tertiary/aromatic N) is 2. The maximum absolute atomic E-state index is 14.5. The first kappa shape index (κ1) is 27.2. The van der Waals surface area contributed by atoms with Crippen molar-refractivity contribution >= 4 is 29.5 Å². The second-order valence-corrected chi connectivity index (χ2v) is 12.9. The maximum atomic E-state index is 14.5. The SMILES string of the molecule is C=CCOC(=O)[C@H]1[C@H]2C(=O)N(CCCCCO)C(C(=O)N(CC=C)C3CCCCC3)C23CC[C@]1(C)S3. The largest absolute Gasteiger partial charge is 0.461 e. The van der Waals surface area contributed by atoms with Gasteiger partial charge in [-0.05, 0) is 51.9 Å². The number of amides is 2. The molecule has 0 aromatic heterocycles. The molecule has 0 aromatic rings. The molecule has 4 rings (SSSR count). The molecule has 0 radical (unpaired) electrons. The lowest BCUT2D eigenvalue weighted by Crippen LogP contribution is -2.57. The van der Waals surface area contributed by atoms with Gasteiger partial charge in [0.05, 0.1) is 16.6 Å². The van der Waals surface area contributed by atoms with E-state index in [9.17, 15) is 19.5 Å². The van der Waals surface area contributed by atoms with E-state index < -0.39 is 27.4 Å². The highest BCUT2D eigenvalue weighted by Crippen LogP contribution is 2.71. The molecule has 2 amide bonds. The molecule has 0 aromatic carbocycles. The average Bonchev–Trinajstić information content (AvgIpc) is 3.44. The van der Waals surface area contributed by atoms with Gasteiger partial charge in [0, 0.05) is 30.5 Å². The predicted molar refractivity (Wildman–Crippen MR) is 141 cm³/mol. The van der Waals surface area contributed by atoms with Crippen LogP contribution in [0.25, 0.3) is 0 Å². The number of hydrogen-bond acceptors (Lipinski definition) is 6. The van der Waals surface area contributed by atoms with Gasteiger partial charge < -0.3 is 19.6 Å². The Labute approximate surface area is 219 Å². The van der Waals surface area contributed by atoms with Crippen molar-refractivity contribution in [1.29, 1.82) is 0 Å². The number of likely N-dealkylation sites (tertiary alicyclic amines) is 1. The van der Waals surface area contributed by atoms with Gasteiger partial charge in [0.25, 0.3) is 0 Å². The number of aliphatic hydroxyl groups is 1. The van der Waals surface area contributed by atoms with Crippen molar-refractivity contribution in [1.82, 2.24) is 9.80 Å². The van der Waals surface area contributed by atoms with E-state index >= 15 is 0 Å². The van der Waals surface area contributed by atoms with Crippen LogP contribution in [0.2, 0.25) is 0 Å². The smallest absolute Gasteiger partial charge is 0.311 e. The molecule has 200 valence electrons. The first-order chi connectivity index (χ1) is 17.3. The zero-order chi connectivity index (χ0) is 25.9. The molecular weight excluding hydrogens is 476 g/mol. The lowest BCUT2D eigenvalue weighted by atomic mass is 9.66. The minimum absolute atomic E-state index is 0.0108. The van der Waals surface area contributed by atoms with Crippen LogP contribution < -0.4 is 0 Å². The van der Waals surface area contributed by atoms with Crippen LogP contribution in [0.5, 0.6) is 0 Å². The molecule has 3 heterocycles. The average molecular weight is 519 g/mol. The molecular formula is C28H42N2O5S. The minimum atomic E-state index is -0.619. The summed E-state index contributed by atoms with van der Waals surface area (Å²) in [5.74, 6) is -1.55. The highest BCUT2D eigenvalue weighted by atomic mass is 32.2. The number of rotatable bonds is 12. The van der Waals surface area contributed by atoms with Crippen molar-refractivity contribution in [2.24, 2.45) is 11.8 Å². The van der Waals surface area contributed by atoms with E-state index in [1.54, 1.807) is 28.8 Å². The van der Waals surface area contributed by atoms with Crippen molar-refractivity contribution < 1.29 is 24.2 Å². The Morgan fingerprint density at radius 1 is 1.17 bits per heavy atom. The van der Waals surface area contributed by atoms with Gasteiger partial charge in [-0.3, -0.25) is 14.4 Å². The van der Waals surface area contributed by atoms with Gasteiger partial charge in [-0.15, -0.1) is 18.3 Å². The number of ether oxygens (including phenoxy) is 1. The summed E-state index contributed by atoms with van der Waals surface area (Å²) in [5.41, 5.74) is 0. The Morgan fingerprint density at radius 3 is 2.58 bits per heavy atom. The molecule has 4 aliphatic rings. The molecule has 36 heavy (non-hydrogen) atoms. The van der Waals surface area contributed by atoms with E-state index in [-0.39, 0.29) is 37.0 Å². The van der Waals surface area contributed by atoms with Crippen LogP contribution in [0.3, 0.4) is 0 Å². The van der Waals surface area contributed by atoms with E-state index in [1.165, 1.54) is 6.42 Å². The normalized spacial score (nSPS) is 33.4. The van der Waals surface area contributed by atoms with Crippen molar-refractivity contribution in [2.75, 3.05) is 26.3 Å². The summed E-state index contributed by atoms with van der Waals surface area (Å²) in [7, 11) is 0. The highest BCUT2D eigenvalue weighted by molar-refractivity contribution is 8.02. The number of thioether (sulfide) groups is 1. The molecule has 1 spiro atoms. The lowest BCUT2D eigenvalue weighted by molar-refractivity contribution is -0.154. The summed E-state index contributed by atoms with van der Waals surface area (Å²) in [4.78, 5) is 45.6. The van der Waals surface area contributed by atoms with Crippen molar-refractivity contribution in [3.05, 3.63) is 25.3 Å². The third-order valence-corrected chi connectivity index (χ3v) is 10.8. The Balaban J connectivity index is 1.70. The fraction of sp³-hybridized carbons (Fsp3) is 0.750. The number of esters is 1. The molecule has 5 atom stereocenters. The third kappa shape index (κ3) is 4.64. The van der Waals surface area contributed by atoms with Crippen LogP contribution in [-0.4, -0.2) is 80.6 Å². The monoisotopic (exact) mass is 518 g/mol. The topological polar surface area (TPSA) is 87.1 Å². The molecule has 3 saturated heterocycles. The molecule has 3 aliphatic heterocycles. The summed E-state index contributed by atoms with van der Waals surface area (Å²) >= 11 is 1.69. The van der Waals surface area contributed by atoms with Gasteiger partial charge in [0.15, 0.2) is 0 Å². The molecule has 1 N–H and O–H groups in total. The van der Waals surface area contributed by atoms with Gasteiger partial charge in [-0.1, -0.05) is 38.0 Å². The number of hydrogen-bond donors (Lipinski definition) is 1. The highest BCUT2D eigenvalue weighted by Gasteiger charge is 2.77. The van der Waals surface area contributed by atoms with Crippen LogP contribution in [0.15, 0.2) is 25.3 Å². The fourth-order valence-electron chi connectivity index (χ4n) is 7.21. The van der Waals surface area contributed by atoms with E-state index in [1.807, 2.05) is 4.90 Å². The molecule has 1 saturated carbocycles. The first-order valence-electron chi connectivity index (χ1n) is 13.6. The van der Waals surface area contributed by atoms with Crippen LogP contribution in [0, 0.1) is 11.8 Å². The second-order valence-electron chi connectivity index (χ2n) is 11.0. The standard InChI is InChI=1S/C28H42N2O5S/c1-4-16-29(20-12-8-6-9-13-20)25(33)23-28-15-14-27(3,36-28)22(26(34)35-19-5-2)21(28)24(32)30(23)17-10-7-11-18-31/h4-5,20-23,31H,1-2,6-19H2,3H3/t21-,22+,23?,27-,28?/m0/s1. The van der Waals surface area contributed by atoms with Crippen LogP contribution in [-0.2, 0) is 19.1 Å². The maximum Gasteiger partial charge on any atom is 0.311 e. The molecule has 2 unspecified atom stereocenters. The number of carbonyl (C=O) groups is 3. The summed E-state index contributed by atoms with van der Waals surface area (Å²) in [6.45, 7) is 10.8. The Bertz CT molecular complexity index is 874. The summed E-state index contributed by atoms with van der Waals surface area (Å²) in [5, 5.41) is 9.23. The quantitative estimate of drug-likeness (QED) is 0.241. The van der Waals surface area contributed by atoms with E-state index in [2.05, 4.69) is 20.1 Å². The van der Waals surface area contributed by atoms with Crippen molar-refractivity contribution in [2.45, 2.75) is 92.7 Å². The molecule has 1 aliphatic carbocycles. The molecule has 8 heteroatoms. The Hall–Kier alpha value is -1.80. The summed E-state index contributed by atoms with van der Waals surface area (Å²) in [6, 6.07) is -0.423. The first-order valence-corrected chi connectivity index (χ1v) is 14.5. The fourth-order valence-corrected chi connectivity index (χ4v) is 9.55. The minimum Gasteiger partial charge on any atom is -0.461 e. The Morgan fingerprint density at radius 2 is 1.92 bits per heavy atom. The zero-order valence-corrected chi connectivity index (χ0v) is 22.5. The second kappa shape index (κ2) is 11.3. The molecule has 2 bridgehead atoms. The molecule has 7 nitrogen and oxygen atoms in total. The number of unbranched alkanes of at least 4 members (excludes halogenated alkanes) is 2. The van der Waals surface area contributed by atoms with Crippen LogP contribution >= 0.6 is 11.8 Å². The third-order valence-electron chi connectivity index (χ3n) is 8.79. The van der Waals surface area contributed by atoms with Crippen molar-refractivity contribution in [3.63, 3.8) is 0 Å². The summed E-state index contributed by atoms with van der Waals surface area (Å²) in [6.07, 6.45) is 12.4. The number of aliphatic hydroxyl groups excluding tert-OH is 1. The summed E-state index contributed by atoms with van der Waals surface area (Å²) < 4.78 is 4.45. The van der Waals surface area contributed by atoms with Gasteiger partial charge in [-0.25, -0.2) is 0 Å². The van der Waals surface area contributed by atoms with Gasteiger partial charge in [-0.2, -0.15) is 0 Å². The van der Waals surface area contributed by atoms with E-state index in [4.69, 9.17) is 4.74 Å².